The summed E-state index contributed by atoms with van der Waals surface area (Å²) < 4.78 is 0. The summed E-state index contributed by atoms with van der Waals surface area (Å²) in [4.78, 5) is 4.29. The molecule has 98 valence electrons. The van der Waals surface area contributed by atoms with E-state index in [1.165, 1.54) is 0 Å². The van der Waals surface area contributed by atoms with E-state index in [2.05, 4.69) is 10.3 Å². The van der Waals surface area contributed by atoms with E-state index in [0.29, 0.717) is 0 Å². The Kier molecular flexibility index (Phi) is 5.06. The Morgan fingerprint density at radius 3 is 2.60 bits per heavy atom. The maximum Gasteiger partial charge on any atom is 0.117 e. The zero-order chi connectivity index (χ0) is 13.1. The summed E-state index contributed by atoms with van der Waals surface area (Å²) in [5.41, 5.74) is 2.48. The Morgan fingerprint density at radius 2 is 1.85 bits per heavy atom. The van der Waals surface area contributed by atoms with Crippen LogP contribution in [0.25, 0.3) is 11.0 Å². The molecule has 0 saturated heterocycles. The van der Waals surface area contributed by atoms with Crippen LogP contribution in [-0.4, -0.2) is 10.1 Å². The quantitative estimate of drug-likeness (QED) is 0.701. The van der Waals surface area contributed by atoms with Crippen LogP contribution in [0.4, 0.5) is 0 Å². The van der Waals surface area contributed by atoms with Gasteiger partial charge in [-0.05, 0) is 23.8 Å². The molecule has 2 heterocycles. The van der Waals surface area contributed by atoms with Gasteiger partial charge in [-0.1, -0.05) is 48.5 Å². The Balaban J connectivity index is 0.00000147. The fraction of sp³-hybridized carbons (Fsp3) is 0.0625. The summed E-state index contributed by atoms with van der Waals surface area (Å²) in [5.74, 6) is 0.267. The van der Waals surface area contributed by atoms with Gasteiger partial charge in [0.25, 0.3) is 0 Å². The van der Waals surface area contributed by atoms with E-state index in [0.717, 1.165) is 17.0 Å². The van der Waals surface area contributed by atoms with E-state index >= 15 is 0 Å². The second-order valence-corrected chi connectivity index (χ2v) is 4.28. The third kappa shape index (κ3) is 3.15. The number of para-hydroxylation sites is 1. The zero-order valence-electron chi connectivity index (χ0n) is 10.8. The molecule has 0 saturated carbocycles. The van der Waals surface area contributed by atoms with Crippen molar-refractivity contribution >= 4 is 5.70 Å². The fourth-order valence-electron chi connectivity index (χ4n) is 2.06. The molecule has 3 nitrogen and oxygen atoms in total. The van der Waals surface area contributed by atoms with E-state index in [4.69, 9.17) is 0 Å². The number of benzene rings is 1. The van der Waals surface area contributed by atoms with Crippen LogP contribution >= 0.6 is 0 Å². The molecule has 0 bridgehead atoms. The number of phenolic OH excluding ortho intramolecular Hbond substituents is 1. The van der Waals surface area contributed by atoms with Gasteiger partial charge in [0.15, 0.2) is 0 Å². The van der Waals surface area contributed by atoms with Crippen molar-refractivity contribution in [1.82, 2.24) is 4.98 Å². The average molecular weight is 487 g/mol. The van der Waals surface area contributed by atoms with E-state index in [1.54, 1.807) is 18.3 Å². The summed E-state index contributed by atoms with van der Waals surface area (Å²) in [5, 5.41) is 14.5. The van der Waals surface area contributed by atoms with Gasteiger partial charge in [-0.2, -0.15) is 0 Å². The van der Waals surface area contributed by atoms with Crippen LogP contribution in [0.1, 0.15) is 17.3 Å². The van der Waals surface area contributed by atoms with E-state index < -0.39 is 0 Å². The molecule has 0 spiro atoms. The van der Waals surface area contributed by atoms with E-state index in [1.807, 2.05) is 48.6 Å². The van der Waals surface area contributed by atoms with Crippen molar-refractivity contribution in [2.45, 2.75) is 6.04 Å². The van der Waals surface area contributed by atoms with Crippen LogP contribution in [-0.2, 0) is 0 Å². The first kappa shape index (κ1) is 14.9. The van der Waals surface area contributed by atoms with E-state index in [9.17, 15) is 5.11 Å². The number of pyridine rings is 1. The minimum absolute atomic E-state index is 0. The molecule has 20 heavy (non-hydrogen) atoms. The number of aromatic hydroxyl groups is 1. The van der Waals surface area contributed by atoms with Gasteiger partial charge in [0.1, 0.15) is 5.75 Å². The second-order valence-electron chi connectivity index (χ2n) is 4.28. The number of rotatable bonds is 2. The third-order valence-corrected chi connectivity index (χ3v) is 3.01. The maximum atomic E-state index is 9.89. The fourth-order valence-corrected chi connectivity index (χ4v) is 2.06. The minimum atomic E-state index is -0.164. The molecular formula is C16H13N2OU-. The van der Waals surface area contributed by atoms with Gasteiger partial charge in [-0.15, -0.1) is 5.70 Å². The Bertz CT molecular complexity index is 638. The predicted octanol–water partition coefficient (Wildman–Crippen LogP) is 3.81. The van der Waals surface area contributed by atoms with Gasteiger partial charge in [-0.25, -0.2) is 0 Å². The van der Waals surface area contributed by atoms with Gasteiger partial charge in [0.05, 0.1) is 0 Å². The molecule has 1 atom stereocenters. The van der Waals surface area contributed by atoms with E-state index in [-0.39, 0.29) is 42.9 Å². The van der Waals surface area contributed by atoms with Crippen LogP contribution < -0.4 is 0 Å². The number of nitrogens with zero attached hydrogens (tertiary/aromatic N) is 2. The zero-order valence-corrected chi connectivity index (χ0v) is 14.9. The Hall–Kier alpha value is -1.50. The van der Waals surface area contributed by atoms with Gasteiger partial charge in [-0.3, -0.25) is 4.98 Å². The third-order valence-electron chi connectivity index (χ3n) is 3.01. The number of hydrogen-bond acceptors (Lipinski definition) is 2. The number of phenols is 1. The topological polar surface area (TPSA) is 47.2 Å². The number of allylic oxidation sites excluding steroid dienone is 2. The largest absolute Gasteiger partial charge is 0.673 e. The number of aromatic nitrogens is 1. The molecule has 0 radical (unpaired) electrons. The molecule has 0 aliphatic carbocycles. The molecule has 0 fully saturated rings. The summed E-state index contributed by atoms with van der Waals surface area (Å²) in [7, 11) is 0. The summed E-state index contributed by atoms with van der Waals surface area (Å²) in [6.07, 6.45) is 7.59. The average Bonchev–Trinajstić information content (AvgIpc) is 2.49. The van der Waals surface area contributed by atoms with Crippen molar-refractivity contribution in [2.24, 2.45) is 0 Å². The van der Waals surface area contributed by atoms with Crippen molar-refractivity contribution in [2.75, 3.05) is 0 Å². The van der Waals surface area contributed by atoms with Crippen molar-refractivity contribution in [1.29, 1.82) is 0 Å². The first-order valence-corrected chi connectivity index (χ1v) is 6.13. The maximum absolute atomic E-state index is 9.89. The van der Waals surface area contributed by atoms with Crippen LogP contribution in [0.5, 0.6) is 5.75 Å². The molecule has 1 aliphatic rings. The number of hydrogen-bond donors (Lipinski definition) is 1. The van der Waals surface area contributed by atoms with Crippen LogP contribution in [0.3, 0.4) is 0 Å². The summed E-state index contributed by atoms with van der Waals surface area (Å²) in [6, 6.07) is 12.8. The molecule has 4 heteroatoms. The van der Waals surface area contributed by atoms with Crippen molar-refractivity contribution in [3.8, 4) is 5.75 Å². The second kappa shape index (κ2) is 6.79. The Morgan fingerprint density at radius 1 is 1.05 bits per heavy atom. The van der Waals surface area contributed by atoms with Crippen molar-refractivity contribution < 1.29 is 36.2 Å². The molecule has 1 unspecified atom stereocenters. The summed E-state index contributed by atoms with van der Waals surface area (Å²) in [6.45, 7) is 0. The Labute approximate surface area is 141 Å². The molecule has 2 aromatic rings. The standard InChI is InChI=1S/C16H13N2O.U/c19-16-10-2-1-6-12(16)13-8-5-9-15(18-13)14-7-3-4-11-17-14;/h1-11,13,19H;/q-1;. The van der Waals surface area contributed by atoms with Gasteiger partial charge in [0.2, 0.25) is 0 Å². The normalized spacial score (nSPS) is 16.8. The molecule has 1 aromatic carbocycles. The van der Waals surface area contributed by atoms with Gasteiger partial charge >= 0.3 is 0 Å². The molecule has 1 N–H and O–H groups in total. The van der Waals surface area contributed by atoms with Gasteiger partial charge < -0.3 is 10.4 Å². The SMILES string of the molecule is Oc1ccccc1C1C=CC=C(c2ccccn2)[N-]1.[U]. The molecule has 0 amide bonds. The van der Waals surface area contributed by atoms with Gasteiger partial charge in [0, 0.05) is 43.0 Å². The van der Waals surface area contributed by atoms with Crippen molar-refractivity contribution in [3.63, 3.8) is 0 Å². The molecule has 1 aromatic heterocycles. The van der Waals surface area contributed by atoms with Crippen molar-refractivity contribution in [3.05, 3.63) is 83.5 Å². The molecule has 3 rings (SSSR count). The summed E-state index contributed by atoms with van der Waals surface area (Å²) >= 11 is 0. The predicted molar refractivity (Wildman–Crippen MR) is 75.6 cm³/mol. The van der Waals surface area contributed by atoms with Crippen LogP contribution in [0, 0.1) is 31.1 Å². The first-order chi connectivity index (χ1) is 9.34. The molecule has 1 aliphatic heterocycles. The van der Waals surface area contributed by atoms with Crippen LogP contribution in [0.15, 0.2) is 66.9 Å². The smallest absolute Gasteiger partial charge is 0.117 e. The minimum Gasteiger partial charge on any atom is -0.673 e. The van der Waals surface area contributed by atoms with Crippen LogP contribution in [0.2, 0.25) is 0 Å². The molecular weight excluding hydrogens is 474 g/mol. The first-order valence-electron chi connectivity index (χ1n) is 6.13. The monoisotopic (exact) mass is 487 g/mol.